The Labute approximate surface area is 219 Å². The van der Waals surface area contributed by atoms with E-state index in [2.05, 4.69) is 31.5 Å². The molecule has 0 radical (unpaired) electrons. The van der Waals surface area contributed by atoms with Crippen molar-refractivity contribution in [3.63, 3.8) is 0 Å². The number of halogens is 1. The van der Waals surface area contributed by atoms with Crippen LogP contribution in [-0.2, 0) is 4.79 Å². The molecule has 1 saturated heterocycles. The maximum absolute atomic E-state index is 15.4. The molecule has 0 atom stereocenters. The molecule has 0 bridgehead atoms. The molecule has 0 aliphatic carbocycles. The first-order valence-electron chi connectivity index (χ1n) is 12.3. The number of nitrogens with two attached hydrogens (primary N) is 1. The second kappa shape index (κ2) is 9.76. The van der Waals surface area contributed by atoms with Crippen LogP contribution in [0.15, 0.2) is 42.5 Å². The molecule has 3 heterocycles. The van der Waals surface area contributed by atoms with Crippen molar-refractivity contribution in [2.75, 3.05) is 36.8 Å². The number of nitrogens with zero attached hydrogens (tertiary/aromatic N) is 4. The van der Waals surface area contributed by atoms with Crippen molar-refractivity contribution in [3.05, 3.63) is 53.8 Å². The second-order valence-electron chi connectivity index (χ2n) is 10.2. The molecule has 9 nitrogen and oxygen atoms in total. The van der Waals surface area contributed by atoms with Crippen LogP contribution < -0.4 is 20.7 Å². The molecule has 0 amide bonds. The Morgan fingerprint density at radius 1 is 1.16 bits per heavy atom. The number of pyridine rings is 1. The Morgan fingerprint density at radius 2 is 1.87 bits per heavy atom. The summed E-state index contributed by atoms with van der Waals surface area (Å²) in [4.78, 5) is 19.1. The Kier molecular flexibility index (Phi) is 6.46. The van der Waals surface area contributed by atoms with Crippen LogP contribution >= 0.6 is 0 Å². The van der Waals surface area contributed by atoms with Gasteiger partial charge in [-0.25, -0.2) is 9.37 Å². The number of aromatic amines is 1. The van der Waals surface area contributed by atoms with Gasteiger partial charge in [-0.1, -0.05) is 12.1 Å². The van der Waals surface area contributed by atoms with Gasteiger partial charge in [0.1, 0.15) is 17.6 Å². The third-order valence-corrected chi connectivity index (χ3v) is 6.50. The van der Waals surface area contributed by atoms with Crippen LogP contribution in [0.1, 0.15) is 26.3 Å². The third kappa shape index (κ3) is 4.64. The van der Waals surface area contributed by atoms with Gasteiger partial charge in [-0.15, -0.1) is 0 Å². The predicted octanol–water partition coefficient (Wildman–Crippen LogP) is 4.25. The molecule has 4 N–H and O–H groups in total. The summed E-state index contributed by atoms with van der Waals surface area (Å²) in [5.74, 6) is -0.900. The number of nitriles is 1. The number of nitrogens with one attached hydrogen (secondary N) is 2. The number of piperazine rings is 1. The lowest BCUT2D eigenvalue weighted by atomic mass is 9.93. The normalized spacial score (nSPS) is 13.9. The van der Waals surface area contributed by atoms with Gasteiger partial charge >= 0.3 is 5.97 Å². The largest absolute Gasteiger partial charge is 0.426 e. The minimum atomic E-state index is -0.744. The van der Waals surface area contributed by atoms with Crippen LogP contribution in [0, 0.1) is 22.6 Å². The van der Waals surface area contributed by atoms with Crippen molar-refractivity contribution in [2.24, 2.45) is 5.41 Å². The van der Waals surface area contributed by atoms with E-state index in [1.807, 2.05) is 24.3 Å². The number of esters is 1. The van der Waals surface area contributed by atoms with Gasteiger partial charge in [-0.2, -0.15) is 10.4 Å². The summed E-state index contributed by atoms with van der Waals surface area (Å²) in [7, 11) is 0. The number of fused-ring (bicyclic) bond motifs is 1. The van der Waals surface area contributed by atoms with Crippen LogP contribution in [0.3, 0.4) is 0 Å². The van der Waals surface area contributed by atoms with Gasteiger partial charge in [-0.05, 0) is 50.6 Å². The molecule has 2 aromatic carbocycles. The highest BCUT2D eigenvalue weighted by atomic mass is 19.1. The zero-order valence-electron chi connectivity index (χ0n) is 21.4. The SMILES string of the molecule is CC(C)(C)C(=O)Oc1ccc(-c2nc3[nH]nc(N)c3c(-c3ccc(N4CCNCC4)cc3)c2C#N)c(F)c1. The van der Waals surface area contributed by atoms with E-state index < -0.39 is 17.2 Å². The zero-order valence-corrected chi connectivity index (χ0v) is 21.4. The number of nitrogen functional groups attached to an aromatic ring is 1. The van der Waals surface area contributed by atoms with E-state index in [-0.39, 0.29) is 28.4 Å². The molecule has 0 saturated carbocycles. The van der Waals surface area contributed by atoms with E-state index >= 15 is 4.39 Å². The minimum absolute atomic E-state index is 0.0697. The Morgan fingerprint density at radius 3 is 2.50 bits per heavy atom. The first-order valence-corrected chi connectivity index (χ1v) is 12.3. The molecule has 10 heteroatoms. The maximum atomic E-state index is 15.4. The molecule has 1 aliphatic rings. The van der Waals surface area contributed by atoms with Gasteiger partial charge in [0.25, 0.3) is 0 Å². The topological polar surface area (TPSA) is 133 Å². The number of carbonyl (C=O) groups excluding carboxylic acids is 1. The summed E-state index contributed by atoms with van der Waals surface area (Å²) in [6, 6.07) is 14.1. The number of ether oxygens (including phenoxy) is 1. The molecule has 194 valence electrons. The average Bonchev–Trinajstić information content (AvgIpc) is 3.28. The van der Waals surface area contributed by atoms with Crippen molar-refractivity contribution in [1.29, 1.82) is 5.26 Å². The molecule has 1 fully saturated rings. The summed E-state index contributed by atoms with van der Waals surface area (Å²) in [6.45, 7) is 8.79. The molecular weight excluding hydrogens is 485 g/mol. The molecule has 1 aliphatic heterocycles. The van der Waals surface area contributed by atoms with E-state index in [9.17, 15) is 10.1 Å². The number of anilines is 2. The molecular formula is C28H28FN7O2. The number of carbonyl (C=O) groups is 1. The van der Waals surface area contributed by atoms with Gasteiger partial charge in [0.2, 0.25) is 0 Å². The van der Waals surface area contributed by atoms with E-state index in [1.54, 1.807) is 20.8 Å². The van der Waals surface area contributed by atoms with Crippen molar-refractivity contribution < 1.29 is 13.9 Å². The predicted molar refractivity (Wildman–Crippen MR) is 144 cm³/mol. The number of hydrogen-bond acceptors (Lipinski definition) is 8. The maximum Gasteiger partial charge on any atom is 0.316 e. The lowest BCUT2D eigenvalue weighted by Gasteiger charge is -2.29. The zero-order chi connectivity index (χ0) is 27.0. The summed E-state index contributed by atoms with van der Waals surface area (Å²) in [5, 5.41) is 21.0. The monoisotopic (exact) mass is 513 g/mol. The number of benzene rings is 2. The van der Waals surface area contributed by atoms with Crippen molar-refractivity contribution >= 4 is 28.5 Å². The van der Waals surface area contributed by atoms with Crippen LogP contribution in [0.2, 0.25) is 0 Å². The van der Waals surface area contributed by atoms with Crippen LogP contribution in [0.4, 0.5) is 15.9 Å². The highest BCUT2D eigenvalue weighted by molar-refractivity contribution is 6.04. The van der Waals surface area contributed by atoms with E-state index in [1.165, 1.54) is 12.1 Å². The Balaban J connectivity index is 1.61. The lowest BCUT2D eigenvalue weighted by molar-refractivity contribution is -0.143. The minimum Gasteiger partial charge on any atom is -0.426 e. The summed E-state index contributed by atoms with van der Waals surface area (Å²) in [5.41, 5.74) is 8.48. The highest BCUT2D eigenvalue weighted by Crippen LogP contribution is 2.40. The van der Waals surface area contributed by atoms with Crippen LogP contribution in [0.5, 0.6) is 5.75 Å². The lowest BCUT2D eigenvalue weighted by Crippen LogP contribution is -2.43. The highest BCUT2D eigenvalue weighted by Gasteiger charge is 2.26. The van der Waals surface area contributed by atoms with Crippen LogP contribution in [0.25, 0.3) is 33.4 Å². The molecule has 2 aromatic heterocycles. The smallest absolute Gasteiger partial charge is 0.316 e. The molecule has 38 heavy (non-hydrogen) atoms. The summed E-state index contributed by atoms with van der Waals surface area (Å²) in [6.07, 6.45) is 0. The first-order chi connectivity index (χ1) is 18.2. The fourth-order valence-electron chi connectivity index (χ4n) is 4.45. The van der Waals surface area contributed by atoms with Gasteiger partial charge in [0.15, 0.2) is 11.5 Å². The number of H-pyrrole nitrogens is 1. The molecule has 0 unspecified atom stereocenters. The standard InChI is InChI=1S/C28H28FN7O2/c1-28(2,3)27(37)38-18-8-9-19(21(29)14-18)24-20(15-30)22(23-25(31)34-35-26(23)33-24)16-4-6-17(7-5-16)36-12-10-32-11-13-36/h4-9,14,32H,10-13H2,1-3H3,(H3,31,33,34,35). The van der Waals surface area contributed by atoms with Crippen molar-refractivity contribution in [1.82, 2.24) is 20.5 Å². The van der Waals surface area contributed by atoms with E-state index in [4.69, 9.17) is 10.5 Å². The van der Waals surface area contributed by atoms with Crippen molar-refractivity contribution in [2.45, 2.75) is 20.8 Å². The number of hydrogen-bond donors (Lipinski definition) is 3. The quantitative estimate of drug-likeness (QED) is 0.273. The van der Waals surface area contributed by atoms with Gasteiger partial charge in [0.05, 0.1) is 22.1 Å². The molecule has 5 rings (SSSR count). The molecule has 0 spiro atoms. The van der Waals surface area contributed by atoms with Crippen molar-refractivity contribution in [3.8, 4) is 34.2 Å². The first kappa shape index (κ1) is 25.2. The number of aromatic nitrogens is 3. The average molecular weight is 514 g/mol. The fourth-order valence-corrected chi connectivity index (χ4v) is 4.45. The van der Waals surface area contributed by atoms with Gasteiger partial charge in [-0.3, -0.25) is 9.89 Å². The summed E-state index contributed by atoms with van der Waals surface area (Å²) < 4.78 is 20.7. The van der Waals surface area contributed by atoms with E-state index in [0.717, 1.165) is 43.5 Å². The van der Waals surface area contributed by atoms with Crippen LogP contribution in [-0.4, -0.2) is 47.3 Å². The van der Waals surface area contributed by atoms with Gasteiger partial charge < -0.3 is 20.7 Å². The second-order valence-corrected chi connectivity index (χ2v) is 10.2. The fraction of sp³-hybridized carbons (Fsp3) is 0.286. The number of rotatable bonds is 4. The van der Waals surface area contributed by atoms with Gasteiger partial charge in [0, 0.05) is 49.1 Å². The third-order valence-electron chi connectivity index (χ3n) is 6.50. The molecule has 4 aromatic rings. The summed E-state index contributed by atoms with van der Waals surface area (Å²) >= 11 is 0. The Bertz CT molecular complexity index is 1560. The Hall–Kier alpha value is -4.49. The van der Waals surface area contributed by atoms with E-state index in [0.29, 0.717) is 16.6 Å².